The first-order valence-electron chi connectivity index (χ1n) is 12.8. The van der Waals surface area contributed by atoms with Crippen LogP contribution in [0.3, 0.4) is 0 Å². The van der Waals surface area contributed by atoms with Gasteiger partial charge in [0.2, 0.25) is 5.91 Å². The van der Waals surface area contributed by atoms with E-state index in [0.717, 1.165) is 52.0 Å². The van der Waals surface area contributed by atoms with Crippen LogP contribution in [0, 0.1) is 13.8 Å². The van der Waals surface area contributed by atoms with E-state index < -0.39 is 6.04 Å². The molecule has 0 spiro atoms. The Hall–Kier alpha value is -4.13. The Bertz CT molecular complexity index is 1400. The van der Waals surface area contributed by atoms with Crippen molar-refractivity contribution in [1.29, 1.82) is 0 Å². The molecule has 2 aromatic carbocycles. The predicted molar refractivity (Wildman–Crippen MR) is 143 cm³/mol. The molecular formula is C30H32N4O3. The van der Waals surface area contributed by atoms with Crippen molar-refractivity contribution in [2.45, 2.75) is 52.3 Å². The van der Waals surface area contributed by atoms with Crippen molar-refractivity contribution < 1.29 is 14.3 Å². The van der Waals surface area contributed by atoms with Gasteiger partial charge in [0, 0.05) is 41.4 Å². The molecule has 4 aromatic rings. The topological polar surface area (TPSA) is 87.3 Å². The molecule has 2 N–H and O–H groups in total. The number of nitrogens with one attached hydrogen (secondary N) is 2. The molecule has 7 heteroatoms. The number of rotatable bonds is 7. The lowest BCUT2D eigenvalue weighted by molar-refractivity contribution is -0.125. The minimum Gasteiger partial charge on any atom is -0.487 e. The zero-order valence-corrected chi connectivity index (χ0v) is 21.3. The van der Waals surface area contributed by atoms with Gasteiger partial charge in [-0.2, -0.15) is 0 Å². The molecule has 0 unspecified atom stereocenters. The molecule has 0 radical (unpaired) electrons. The number of aryl methyl sites for hydroxylation is 2. The fraction of sp³-hybridized carbons (Fsp3) is 0.300. The molecule has 1 atom stereocenters. The molecule has 1 saturated heterocycles. The lowest BCUT2D eigenvalue weighted by Gasteiger charge is -2.30. The van der Waals surface area contributed by atoms with Crippen LogP contribution in [0.1, 0.15) is 52.1 Å². The summed E-state index contributed by atoms with van der Waals surface area (Å²) in [5.74, 6) is 0.497. The van der Waals surface area contributed by atoms with E-state index >= 15 is 0 Å². The molecule has 2 aromatic heterocycles. The van der Waals surface area contributed by atoms with Crippen LogP contribution in [0.2, 0.25) is 0 Å². The summed E-state index contributed by atoms with van der Waals surface area (Å²) < 4.78 is 5.86. The maximum absolute atomic E-state index is 13.9. The Kier molecular flexibility index (Phi) is 7.21. The Labute approximate surface area is 216 Å². The zero-order valence-electron chi connectivity index (χ0n) is 21.3. The van der Waals surface area contributed by atoms with Crippen LogP contribution in [-0.2, 0) is 17.9 Å². The second-order valence-corrected chi connectivity index (χ2v) is 9.62. The van der Waals surface area contributed by atoms with Crippen LogP contribution >= 0.6 is 0 Å². The highest BCUT2D eigenvalue weighted by Gasteiger charge is 2.31. The predicted octanol–water partition coefficient (Wildman–Crippen LogP) is 5.07. The first-order chi connectivity index (χ1) is 18.0. The van der Waals surface area contributed by atoms with Gasteiger partial charge in [-0.1, -0.05) is 18.2 Å². The van der Waals surface area contributed by atoms with Crippen molar-refractivity contribution in [2.24, 2.45) is 0 Å². The molecule has 0 aliphatic carbocycles. The SMILES string of the molecule is Cc1[nH]c2ccc(C(=O)N(Cc3ccc(OCc4ccccn4)cc3)[C@H]3CCCCNC3=O)cc2c1C. The Morgan fingerprint density at radius 3 is 2.70 bits per heavy atom. The number of amides is 2. The lowest BCUT2D eigenvalue weighted by Crippen LogP contribution is -2.48. The number of carbonyl (C=O) groups excluding carboxylic acids is 2. The Morgan fingerprint density at radius 1 is 1.08 bits per heavy atom. The molecule has 3 heterocycles. The van der Waals surface area contributed by atoms with Crippen molar-refractivity contribution in [3.63, 3.8) is 0 Å². The number of ether oxygens (including phenoxy) is 1. The molecule has 2 amide bonds. The maximum atomic E-state index is 13.9. The second-order valence-electron chi connectivity index (χ2n) is 9.62. The van der Waals surface area contributed by atoms with Gasteiger partial charge >= 0.3 is 0 Å². The molecule has 0 bridgehead atoms. The minimum atomic E-state index is -0.514. The number of nitrogens with zero attached hydrogens (tertiary/aromatic N) is 2. The molecule has 1 fully saturated rings. The number of hydrogen-bond donors (Lipinski definition) is 2. The van der Waals surface area contributed by atoms with Gasteiger partial charge in [0.05, 0.1) is 5.69 Å². The van der Waals surface area contributed by atoms with E-state index in [1.54, 1.807) is 11.1 Å². The van der Waals surface area contributed by atoms with Crippen LogP contribution in [-0.4, -0.2) is 39.3 Å². The number of H-pyrrole nitrogens is 1. The summed E-state index contributed by atoms with van der Waals surface area (Å²) in [5, 5.41) is 4.02. The number of aromatic amines is 1. The molecule has 1 aliphatic rings. The zero-order chi connectivity index (χ0) is 25.8. The fourth-order valence-corrected chi connectivity index (χ4v) is 4.83. The van der Waals surface area contributed by atoms with Gasteiger partial charge < -0.3 is 19.9 Å². The number of benzene rings is 2. The quantitative estimate of drug-likeness (QED) is 0.374. The first kappa shape index (κ1) is 24.6. The van der Waals surface area contributed by atoms with Gasteiger partial charge in [-0.05, 0) is 86.7 Å². The van der Waals surface area contributed by atoms with Gasteiger partial charge in [-0.15, -0.1) is 0 Å². The average Bonchev–Trinajstić information content (AvgIpc) is 3.06. The number of carbonyl (C=O) groups is 2. The third-order valence-electron chi connectivity index (χ3n) is 7.09. The maximum Gasteiger partial charge on any atom is 0.254 e. The summed E-state index contributed by atoms with van der Waals surface area (Å²) in [7, 11) is 0. The summed E-state index contributed by atoms with van der Waals surface area (Å²) >= 11 is 0. The van der Waals surface area contributed by atoms with Crippen molar-refractivity contribution in [1.82, 2.24) is 20.2 Å². The minimum absolute atomic E-state index is 0.0871. The summed E-state index contributed by atoms with van der Waals surface area (Å²) in [6.45, 7) is 5.45. The molecule has 5 rings (SSSR count). The van der Waals surface area contributed by atoms with Gasteiger partial charge in [0.25, 0.3) is 5.91 Å². The molecule has 190 valence electrons. The normalized spacial score (nSPS) is 15.7. The average molecular weight is 497 g/mol. The lowest BCUT2D eigenvalue weighted by atomic mass is 10.0. The molecule has 37 heavy (non-hydrogen) atoms. The molecule has 7 nitrogen and oxygen atoms in total. The van der Waals surface area contributed by atoms with E-state index in [-0.39, 0.29) is 11.8 Å². The van der Waals surface area contributed by atoms with Gasteiger partial charge in [0.15, 0.2) is 0 Å². The number of aromatic nitrogens is 2. The van der Waals surface area contributed by atoms with Crippen molar-refractivity contribution in [3.8, 4) is 5.75 Å². The summed E-state index contributed by atoms with van der Waals surface area (Å²) in [5.41, 5.74) is 5.60. The van der Waals surface area contributed by atoms with E-state index in [2.05, 4.69) is 22.2 Å². The highest BCUT2D eigenvalue weighted by Crippen LogP contribution is 2.25. The molecule has 0 saturated carbocycles. The standard InChI is InChI=1S/C30H32N4O3/c1-20-21(2)33-27-14-11-23(17-26(20)27)30(36)34(28-8-4-6-16-32-29(28)35)18-22-9-12-25(13-10-22)37-19-24-7-3-5-15-31-24/h3,5,7,9-15,17,28,33H,4,6,8,16,18-19H2,1-2H3,(H,32,35)/t28-/m0/s1. The largest absolute Gasteiger partial charge is 0.487 e. The summed E-state index contributed by atoms with van der Waals surface area (Å²) in [6.07, 6.45) is 4.20. The highest BCUT2D eigenvalue weighted by molar-refractivity contribution is 6.01. The molecule has 1 aliphatic heterocycles. The highest BCUT2D eigenvalue weighted by atomic mass is 16.5. The van der Waals surface area contributed by atoms with Crippen LogP contribution < -0.4 is 10.1 Å². The van der Waals surface area contributed by atoms with E-state index in [0.29, 0.717) is 31.7 Å². The smallest absolute Gasteiger partial charge is 0.254 e. The van der Waals surface area contributed by atoms with Crippen molar-refractivity contribution >= 4 is 22.7 Å². The van der Waals surface area contributed by atoms with E-state index in [1.165, 1.54) is 0 Å². The number of hydrogen-bond acceptors (Lipinski definition) is 4. The Morgan fingerprint density at radius 2 is 1.92 bits per heavy atom. The molecular weight excluding hydrogens is 464 g/mol. The number of fused-ring (bicyclic) bond motifs is 1. The van der Waals surface area contributed by atoms with E-state index in [4.69, 9.17) is 4.74 Å². The third-order valence-corrected chi connectivity index (χ3v) is 7.09. The second kappa shape index (κ2) is 10.9. The van der Waals surface area contributed by atoms with Gasteiger partial charge in [0.1, 0.15) is 18.4 Å². The first-order valence-corrected chi connectivity index (χ1v) is 12.8. The monoisotopic (exact) mass is 496 g/mol. The van der Waals surface area contributed by atoms with Crippen LogP contribution in [0.5, 0.6) is 5.75 Å². The van der Waals surface area contributed by atoms with E-state index in [9.17, 15) is 9.59 Å². The number of pyridine rings is 1. The van der Waals surface area contributed by atoms with Gasteiger partial charge in [-0.3, -0.25) is 14.6 Å². The van der Waals surface area contributed by atoms with Crippen LogP contribution in [0.25, 0.3) is 10.9 Å². The summed E-state index contributed by atoms with van der Waals surface area (Å²) in [4.78, 5) is 36.3. The third kappa shape index (κ3) is 5.50. The van der Waals surface area contributed by atoms with E-state index in [1.807, 2.05) is 67.6 Å². The van der Waals surface area contributed by atoms with Crippen LogP contribution in [0.15, 0.2) is 66.9 Å². The fourth-order valence-electron chi connectivity index (χ4n) is 4.83. The van der Waals surface area contributed by atoms with Gasteiger partial charge in [-0.25, -0.2) is 0 Å². The summed E-state index contributed by atoms with van der Waals surface area (Å²) in [6, 6.07) is 18.6. The van der Waals surface area contributed by atoms with Crippen LogP contribution in [0.4, 0.5) is 0 Å². The van der Waals surface area contributed by atoms with Crippen molar-refractivity contribution in [3.05, 3.63) is 94.9 Å². The Balaban J connectivity index is 1.39. The van der Waals surface area contributed by atoms with Crippen molar-refractivity contribution in [2.75, 3.05) is 6.54 Å².